The quantitative estimate of drug-likeness (QED) is 0.0394. The van der Waals surface area contributed by atoms with Crippen LogP contribution in [0.2, 0.25) is 0 Å². The second kappa shape index (κ2) is 17.9. The molecular formula is C39H41N5O7. The minimum atomic E-state index is -1.22. The van der Waals surface area contributed by atoms with Gasteiger partial charge in [-0.3, -0.25) is 34.4 Å². The molecule has 264 valence electrons. The van der Waals surface area contributed by atoms with Crippen molar-refractivity contribution >= 4 is 56.7 Å². The molecule has 0 bridgehead atoms. The smallest absolute Gasteiger partial charge is 0.243 e. The fourth-order valence-corrected chi connectivity index (χ4v) is 6.07. The van der Waals surface area contributed by atoms with Gasteiger partial charge in [0.05, 0.1) is 36.0 Å². The standard InChI is InChI=1S/C39H41N5O7/c45-25-31(46)24-44(35(49)16-4-2-1-3-15-34(48)43-51)30-19-17-26(18-20-30)36(33(47)23-29-11-5-9-27-12-7-21-40-37(27)29)39(50)42-32-14-6-10-28-13-8-22-41-38(28)32/h5-14,17-22,31,36,45-46,51H,1-4,15-16,23-25H2,(H,42,50)(H,43,48)/t31-,36?/m1/s1. The predicted molar refractivity (Wildman–Crippen MR) is 193 cm³/mol. The summed E-state index contributed by atoms with van der Waals surface area (Å²) in [6, 6.07) is 24.9. The van der Waals surface area contributed by atoms with Gasteiger partial charge in [0.15, 0.2) is 5.78 Å². The Morgan fingerprint density at radius 1 is 0.745 bits per heavy atom. The third kappa shape index (κ3) is 9.57. The molecular weight excluding hydrogens is 650 g/mol. The number of aliphatic hydroxyl groups is 2. The minimum absolute atomic E-state index is 0.0556. The normalized spacial score (nSPS) is 12.3. The first-order valence-corrected chi connectivity index (χ1v) is 16.9. The zero-order valence-corrected chi connectivity index (χ0v) is 28.1. The van der Waals surface area contributed by atoms with E-state index >= 15 is 0 Å². The van der Waals surface area contributed by atoms with Gasteiger partial charge < -0.3 is 20.4 Å². The van der Waals surface area contributed by atoms with Gasteiger partial charge >= 0.3 is 0 Å². The number of hydrogen-bond acceptors (Lipinski definition) is 9. The second-order valence-electron chi connectivity index (χ2n) is 12.3. The Kier molecular flexibility index (Phi) is 12.9. The van der Waals surface area contributed by atoms with Crippen LogP contribution in [0.3, 0.4) is 0 Å². The van der Waals surface area contributed by atoms with Crippen molar-refractivity contribution in [1.82, 2.24) is 15.4 Å². The maximum Gasteiger partial charge on any atom is 0.243 e. The number of ketones is 1. The predicted octanol–water partition coefficient (Wildman–Crippen LogP) is 4.85. The molecule has 5 rings (SSSR count). The molecule has 0 saturated heterocycles. The van der Waals surface area contributed by atoms with Gasteiger partial charge in [0.1, 0.15) is 5.92 Å². The van der Waals surface area contributed by atoms with Crippen molar-refractivity contribution in [3.8, 4) is 0 Å². The molecule has 0 radical (unpaired) electrons. The molecule has 2 aromatic heterocycles. The average Bonchev–Trinajstić information content (AvgIpc) is 3.15. The number of unbranched alkanes of at least 4 members (excludes halogenated alkanes) is 3. The van der Waals surface area contributed by atoms with E-state index in [-0.39, 0.29) is 37.5 Å². The molecule has 5 aromatic rings. The van der Waals surface area contributed by atoms with Crippen molar-refractivity contribution in [2.24, 2.45) is 0 Å². The first kappa shape index (κ1) is 36.7. The summed E-state index contributed by atoms with van der Waals surface area (Å²) in [5.74, 6) is -2.86. The van der Waals surface area contributed by atoms with Crippen molar-refractivity contribution in [1.29, 1.82) is 0 Å². The Balaban J connectivity index is 1.40. The van der Waals surface area contributed by atoms with Crippen molar-refractivity contribution in [3.63, 3.8) is 0 Å². The number of benzene rings is 3. The van der Waals surface area contributed by atoms with Crippen LogP contribution in [0, 0.1) is 0 Å². The molecule has 5 N–H and O–H groups in total. The Hall–Kier alpha value is -5.56. The van der Waals surface area contributed by atoms with Crippen LogP contribution in [0.4, 0.5) is 11.4 Å². The molecule has 12 nitrogen and oxygen atoms in total. The number of para-hydroxylation sites is 2. The molecule has 2 atom stereocenters. The van der Waals surface area contributed by atoms with Crippen molar-refractivity contribution < 1.29 is 34.6 Å². The van der Waals surface area contributed by atoms with E-state index in [0.717, 1.165) is 10.8 Å². The van der Waals surface area contributed by atoms with Crippen LogP contribution in [0.15, 0.2) is 97.3 Å². The average molecular weight is 692 g/mol. The molecule has 1 unspecified atom stereocenters. The highest BCUT2D eigenvalue weighted by Crippen LogP contribution is 2.28. The number of anilines is 2. The van der Waals surface area contributed by atoms with Gasteiger partial charge in [0, 0.05) is 48.1 Å². The molecule has 0 saturated carbocycles. The van der Waals surface area contributed by atoms with Gasteiger partial charge in [0.2, 0.25) is 17.7 Å². The van der Waals surface area contributed by atoms with Crippen LogP contribution in [0.5, 0.6) is 0 Å². The fourth-order valence-electron chi connectivity index (χ4n) is 6.07. The van der Waals surface area contributed by atoms with E-state index < -0.39 is 30.4 Å². The number of aromatic nitrogens is 2. The number of fused-ring (bicyclic) bond motifs is 2. The molecule has 0 aliphatic carbocycles. The number of carbonyl (C=O) groups excluding carboxylic acids is 4. The van der Waals surface area contributed by atoms with E-state index in [1.165, 1.54) is 4.90 Å². The van der Waals surface area contributed by atoms with Gasteiger partial charge in [0.25, 0.3) is 0 Å². The number of amides is 3. The first-order chi connectivity index (χ1) is 24.8. The highest BCUT2D eigenvalue weighted by Gasteiger charge is 2.30. The number of Topliss-reactive ketones (excluding diaryl/α,β-unsaturated/α-hetero) is 1. The van der Waals surface area contributed by atoms with Gasteiger partial charge in [-0.1, -0.05) is 67.4 Å². The van der Waals surface area contributed by atoms with Crippen molar-refractivity contribution in [2.45, 2.75) is 57.0 Å². The van der Waals surface area contributed by atoms with Crippen LogP contribution in [0.25, 0.3) is 21.8 Å². The second-order valence-corrected chi connectivity index (χ2v) is 12.3. The molecule has 3 amide bonds. The van der Waals surface area contributed by atoms with E-state index in [1.54, 1.807) is 60.3 Å². The minimum Gasteiger partial charge on any atom is -0.394 e. The molecule has 0 aliphatic rings. The molecule has 12 heteroatoms. The number of hydroxylamine groups is 1. The largest absolute Gasteiger partial charge is 0.394 e. The van der Waals surface area contributed by atoms with Crippen LogP contribution in [-0.2, 0) is 25.6 Å². The van der Waals surface area contributed by atoms with Gasteiger partial charge in [-0.15, -0.1) is 0 Å². The van der Waals surface area contributed by atoms with Crippen LogP contribution in [-0.4, -0.2) is 68.1 Å². The molecule has 2 heterocycles. The zero-order chi connectivity index (χ0) is 36.2. The lowest BCUT2D eigenvalue weighted by Gasteiger charge is -2.26. The van der Waals surface area contributed by atoms with Crippen molar-refractivity contribution in [2.75, 3.05) is 23.4 Å². The van der Waals surface area contributed by atoms with Crippen molar-refractivity contribution in [3.05, 3.63) is 108 Å². The molecule has 0 spiro atoms. The van der Waals surface area contributed by atoms with Crippen LogP contribution >= 0.6 is 0 Å². The number of aliphatic hydroxyl groups excluding tert-OH is 2. The summed E-state index contributed by atoms with van der Waals surface area (Å²) in [7, 11) is 0. The fraction of sp³-hybridized carbons (Fsp3) is 0.282. The molecule has 51 heavy (non-hydrogen) atoms. The maximum absolute atomic E-state index is 14.1. The first-order valence-electron chi connectivity index (χ1n) is 16.9. The number of carbonyl (C=O) groups is 4. The highest BCUT2D eigenvalue weighted by molar-refractivity contribution is 6.14. The number of rotatable bonds is 17. The molecule has 0 fully saturated rings. The lowest BCUT2D eigenvalue weighted by molar-refractivity contribution is -0.129. The molecule has 0 aliphatic heterocycles. The van der Waals surface area contributed by atoms with Crippen LogP contribution < -0.4 is 15.7 Å². The summed E-state index contributed by atoms with van der Waals surface area (Å²) in [6.07, 6.45) is 4.86. The zero-order valence-electron chi connectivity index (χ0n) is 28.1. The summed E-state index contributed by atoms with van der Waals surface area (Å²) in [6.45, 7) is -0.700. The van der Waals surface area contributed by atoms with Gasteiger partial charge in [-0.05, 0) is 54.3 Å². The third-order valence-electron chi connectivity index (χ3n) is 8.67. The highest BCUT2D eigenvalue weighted by atomic mass is 16.5. The Labute approximate surface area is 295 Å². The summed E-state index contributed by atoms with van der Waals surface area (Å²) in [4.78, 5) is 63.1. The van der Waals surface area contributed by atoms with E-state index in [4.69, 9.17) is 5.21 Å². The maximum atomic E-state index is 14.1. The Morgan fingerprint density at radius 3 is 2.06 bits per heavy atom. The SMILES string of the molecule is O=C(CCCCCCC(=O)N(C[C@@H](O)CO)c1ccc(C(C(=O)Cc2cccc3cccnc23)C(=O)Nc2cccc3cccnc23)cc1)NO. The van der Waals surface area contributed by atoms with Crippen LogP contribution in [0.1, 0.15) is 55.6 Å². The Morgan fingerprint density at radius 2 is 1.37 bits per heavy atom. The lowest BCUT2D eigenvalue weighted by atomic mass is 9.89. The van der Waals surface area contributed by atoms with Gasteiger partial charge in [-0.2, -0.15) is 0 Å². The van der Waals surface area contributed by atoms with Gasteiger partial charge in [-0.25, -0.2) is 5.48 Å². The summed E-state index contributed by atoms with van der Waals surface area (Å²) < 4.78 is 0. The van der Waals surface area contributed by atoms with E-state index in [0.29, 0.717) is 59.2 Å². The monoisotopic (exact) mass is 691 g/mol. The summed E-state index contributed by atoms with van der Waals surface area (Å²) in [5.41, 5.74) is 4.84. The summed E-state index contributed by atoms with van der Waals surface area (Å²) in [5, 5.41) is 33.1. The Bertz CT molecular complexity index is 1880. The lowest BCUT2D eigenvalue weighted by Crippen LogP contribution is -2.39. The van der Waals surface area contributed by atoms with E-state index in [1.807, 2.05) is 42.5 Å². The molecule has 3 aromatic carbocycles. The number of pyridine rings is 2. The topological polar surface area (TPSA) is 182 Å². The number of nitrogens with zero attached hydrogens (tertiary/aromatic N) is 3. The number of hydrogen-bond donors (Lipinski definition) is 5. The third-order valence-corrected chi connectivity index (χ3v) is 8.67. The van der Waals surface area contributed by atoms with E-state index in [9.17, 15) is 29.4 Å². The van der Waals surface area contributed by atoms with E-state index in [2.05, 4.69) is 15.3 Å². The summed E-state index contributed by atoms with van der Waals surface area (Å²) >= 11 is 0. The number of nitrogens with one attached hydrogen (secondary N) is 2.